The summed E-state index contributed by atoms with van der Waals surface area (Å²) in [5.41, 5.74) is 3.65. The van der Waals surface area contributed by atoms with Crippen molar-refractivity contribution in [2.24, 2.45) is 18.4 Å². The van der Waals surface area contributed by atoms with Gasteiger partial charge in [-0.3, -0.25) is 14.3 Å². The minimum absolute atomic E-state index is 0.250. The van der Waals surface area contributed by atoms with Crippen LogP contribution >= 0.6 is 0 Å². The van der Waals surface area contributed by atoms with Crippen molar-refractivity contribution in [2.75, 3.05) is 39.4 Å². The number of carbonyl (C=O) groups excluding carboxylic acids is 2. The molecule has 30 heavy (non-hydrogen) atoms. The Morgan fingerprint density at radius 2 is 1.80 bits per heavy atom. The van der Waals surface area contributed by atoms with Gasteiger partial charge >= 0.3 is 0 Å². The van der Waals surface area contributed by atoms with Crippen LogP contribution in [0.3, 0.4) is 0 Å². The number of hydrogen-bond acceptors (Lipinski definition) is 4. The Hall–Kier alpha value is -1.89. The van der Waals surface area contributed by atoms with Gasteiger partial charge in [0.15, 0.2) is 0 Å². The first-order valence-corrected chi connectivity index (χ1v) is 11.5. The minimum Gasteiger partial charge on any atom is -0.378 e. The van der Waals surface area contributed by atoms with Crippen LogP contribution in [0, 0.1) is 25.2 Å². The Bertz CT molecular complexity index is 793. The highest BCUT2D eigenvalue weighted by molar-refractivity contribution is 5.77. The van der Waals surface area contributed by atoms with Gasteiger partial charge in [0.25, 0.3) is 0 Å². The third kappa shape index (κ3) is 4.13. The molecule has 7 heteroatoms. The summed E-state index contributed by atoms with van der Waals surface area (Å²) in [7, 11) is 1.96. The first-order valence-electron chi connectivity index (χ1n) is 11.5. The van der Waals surface area contributed by atoms with E-state index in [1.807, 2.05) is 23.6 Å². The third-order valence-electron chi connectivity index (χ3n) is 7.83. The first-order chi connectivity index (χ1) is 14.4. The van der Waals surface area contributed by atoms with Gasteiger partial charge < -0.3 is 14.5 Å². The topological polar surface area (TPSA) is 67.7 Å². The number of morpholine rings is 1. The Morgan fingerprint density at radius 3 is 2.40 bits per heavy atom. The maximum atomic E-state index is 13.0. The predicted octanol–water partition coefficient (Wildman–Crippen LogP) is 2.24. The third-order valence-corrected chi connectivity index (χ3v) is 7.83. The van der Waals surface area contributed by atoms with E-state index in [1.54, 1.807) is 0 Å². The second-order valence-electron chi connectivity index (χ2n) is 9.49. The average Bonchev–Trinajstić information content (AvgIpc) is 3.23. The molecule has 0 aromatic carbocycles. The summed E-state index contributed by atoms with van der Waals surface area (Å²) >= 11 is 0. The van der Waals surface area contributed by atoms with Crippen LogP contribution in [0.1, 0.15) is 55.5 Å². The molecule has 1 saturated carbocycles. The Morgan fingerprint density at radius 1 is 1.10 bits per heavy atom. The molecule has 166 valence electrons. The van der Waals surface area contributed by atoms with Gasteiger partial charge in [0.2, 0.25) is 11.8 Å². The second-order valence-corrected chi connectivity index (χ2v) is 9.49. The maximum Gasteiger partial charge on any atom is 0.222 e. The summed E-state index contributed by atoms with van der Waals surface area (Å²) in [6.07, 6.45) is 6.46. The van der Waals surface area contributed by atoms with Crippen molar-refractivity contribution < 1.29 is 14.3 Å². The summed E-state index contributed by atoms with van der Waals surface area (Å²) in [5, 5.41) is 4.47. The fraction of sp³-hybridized carbons (Fsp3) is 0.783. The van der Waals surface area contributed by atoms with E-state index in [1.165, 1.54) is 24.8 Å². The van der Waals surface area contributed by atoms with Crippen molar-refractivity contribution in [3.05, 3.63) is 17.0 Å². The molecule has 4 rings (SSSR count). The van der Waals surface area contributed by atoms with Crippen molar-refractivity contribution in [3.8, 4) is 0 Å². The van der Waals surface area contributed by atoms with Crippen molar-refractivity contribution >= 4 is 11.8 Å². The average molecular weight is 417 g/mol. The molecule has 2 aliphatic heterocycles. The molecule has 0 radical (unpaired) electrons. The smallest absolute Gasteiger partial charge is 0.222 e. The number of amides is 2. The molecule has 1 spiro atoms. The Kier molecular flexibility index (Phi) is 6.19. The normalized spacial score (nSPS) is 23.1. The van der Waals surface area contributed by atoms with Crippen molar-refractivity contribution in [1.82, 2.24) is 19.6 Å². The SMILES string of the molecule is Cc1nn(C)c(C)c1CCC(=O)N1CC(CCC(=O)N2CCOCC2)C2(CCC2)C1. The number of aryl methyl sites for hydroxylation is 2. The Labute approximate surface area is 179 Å². The monoisotopic (exact) mass is 416 g/mol. The standard InChI is InChI=1S/C23H36N4O3/c1-17-20(18(2)25(3)24-17)6-8-22(29)27-15-19(23(16-27)9-4-10-23)5-7-21(28)26-11-13-30-14-12-26/h19H,4-16H2,1-3H3. The molecule has 7 nitrogen and oxygen atoms in total. The number of aromatic nitrogens is 2. The number of carbonyl (C=O) groups is 2. The molecule has 1 aliphatic carbocycles. The lowest BCUT2D eigenvalue weighted by Gasteiger charge is -2.43. The largest absolute Gasteiger partial charge is 0.378 e. The molecule has 3 aliphatic rings. The number of likely N-dealkylation sites (tertiary alicyclic amines) is 1. The molecule has 2 amide bonds. The highest BCUT2D eigenvalue weighted by atomic mass is 16.5. The van der Waals surface area contributed by atoms with Gasteiger partial charge in [0, 0.05) is 51.8 Å². The van der Waals surface area contributed by atoms with Crippen LogP contribution in [0.4, 0.5) is 0 Å². The van der Waals surface area contributed by atoms with E-state index in [4.69, 9.17) is 4.74 Å². The molecule has 0 N–H and O–H groups in total. The van der Waals surface area contributed by atoms with Gasteiger partial charge in [-0.1, -0.05) is 6.42 Å². The van der Waals surface area contributed by atoms with E-state index in [0.29, 0.717) is 45.1 Å². The van der Waals surface area contributed by atoms with Crippen LogP contribution in [0.15, 0.2) is 0 Å². The fourth-order valence-corrected chi connectivity index (χ4v) is 5.66. The predicted molar refractivity (Wildman–Crippen MR) is 114 cm³/mol. The minimum atomic E-state index is 0.250. The van der Waals surface area contributed by atoms with E-state index < -0.39 is 0 Å². The summed E-state index contributed by atoms with van der Waals surface area (Å²) in [5.74, 6) is 0.966. The maximum absolute atomic E-state index is 13.0. The van der Waals surface area contributed by atoms with Gasteiger partial charge in [0.05, 0.1) is 18.9 Å². The van der Waals surface area contributed by atoms with E-state index in [0.717, 1.165) is 37.3 Å². The molecule has 1 aromatic heterocycles. The highest BCUT2D eigenvalue weighted by Crippen LogP contribution is 2.53. The lowest BCUT2D eigenvalue weighted by molar-refractivity contribution is -0.135. The molecular formula is C23H36N4O3. The van der Waals surface area contributed by atoms with Gasteiger partial charge in [-0.25, -0.2) is 0 Å². The van der Waals surface area contributed by atoms with Crippen molar-refractivity contribution in [3.63, 3.8) is 0 Å². The number of nitrogens with zero attached hydrogens (tertiary/aromatic N) is 4. The summed E-state index contributed by atoms with van der Waals surface area (Å²) in [6.45, 7) is 8.52. The zero-order chi connectivity index (χ0) is 21.3. The van der Waals surface area contributed by atoms with Gasteiger partial charge in [0.1, 0.15) is 0 Å². The summed E-state index contributed by atoms with van der Waals surface area (Å²) < 4.78 is 7.25. The molecule has 1 aromatic rings. The van der Waals surface area contributed by atoms with Crippen LogP contribution in [-0.4, -0.2) is 70.8 Å². The molecular weight excluding hydrogens is 380 g/mol. The Balaban J connectivity index is 1.32. The van der Waals surface area contributed by atoms with E-state index in [-0.39, 0.29) is 17.2 Å². The number of ether oxygens (including phenoxy) is 1. The van der Waals surface area contributed by atoms with Gasteiger partial charge in [-0.05, 0) is 56.4 Å². The zero-order valence-electron chi connectivity index (χ0n) is 18.8. The summed E-state index contributed by atoms with van der Waals surface area (Å²) in [4.78, 5) is 29.6. The molecule has 1 atom stereocenters. The van der Waals surface area contributed by atoms with Crippen LogP contribution in [0.25, 0.3) is 0 Å². The van der Waals surface area contributed by atoms with E-state index in [2.05, 4.69) is 16.9 Å². The molecule has 3 heterocycles. The number of rotatable bonds is 6. The zero-order valence-corrected chi connectivity index (χ0v) is 18.8. The molecule has 0 bridgehead atoms. The van der Waals surface area contributed by atoms with E-state index in [9.17, 15) is 9.59 Å². The summed E-state index contributed by atoms with van der Waals surface area (Å²) in [6, 6.07) is 0. The van der Waals surface area contributed by atoms with Crippen LogP contribution in [-0.2, 0) is 27.8 Å². The first kappa shape index (κ1) is 21.3. The van der Waals surface area contributed by atoms with E-state index >= 15 is 0 Å². The lowest BCUT2D eigenvalue weighted by Crippen LogP contribution is -2.42. The van der Waals surface area contributed by atoms with Crippen molar-refractivity contribution in [2.45, 2.75) is 58.8 Å². The van der Waals surface area contributed by atoms with Gasteiger partial charge in [-0.2, -0.15) is 5.10 Å². The second kappa shape index (κ2) is 8.69. The highest BCUT2D eigenvalue weighted by Gasteiger charge is 2.50. The van der Waals surface area contributed by atoms with Crippen LogP contribution in [0.2, 0.25) is 0 Å². The fourth-order valence-electron chi connectivity index (χ4n) is 5.66. The van der Waals surface area contributed by atoms with Crippen LogP contribution in [0.5, 0.6) is 0 Å². The van der Waals surface area contributed by atoms with Crippen molar-refractivity contribution in [1.29, 1.82) is 0 Å². The quantitative estimate of drug-likeness (QED) is 0.713. The van der Waals surface area contributed by atoms with Crippen LogP contribution < -0.4 is 0 Å². The molecule has 2 saturated heterocycles. The molecule has 1 unspecified atom stereocenters. The number of hydrogen-bond donors (Lipinski definition) is 0. The van der Waals surface area contributed by atoms with Gasteiger partial charge in [-0.15, -0.1) is 0 Å². The molecule has 3 fully saturated rings. The lowest BCUT2D eigenvalue weighted by atomic mass is 9.62.